The minimum absolute atomic E-state index is 0.0250. The first-order valence-electron chi connectivity index (χ1n) is 13.7. The molecule has 228 valence electrons. The third-order valence-corrected chi connectivity index (χ3v) is 7.64. The highest BCUT2D eigenvalue weighted by molar-refractivity contribution is 5.99. The third kappa shape index (κ3) is 6.24. The van der Waals surface area contributed by atoms with Crippen LogP contribution in [0.4, 0.5) is 8.78 Å². The number of hydrogen-bond donors (Lipinski definition) is 1. The summed E-state index contributed by atoms with van der Waals surface area (Å²) in [6, 6.07) is 11.8. The third-order valence-electron chi connectivity index (χ3n) is 7.64. The van der Waals surface area contributed by atoms with Crippen LogP contribution in [0.25, 0.3) is 0 Å². The minimum atomic E-state index is -0.894. The SMILES string of the molecule is CO[C@H]1C[C@@H](C)N2CN(C[C@H]1OC)C(=O)c1c(OOCc3ccccc3)c(=O)c(C(=O)NCc3ccc(F)cc3F)cn12. The molecule has 3 aromatic rings. The summed E-state index contributed by atoms with van der Waals surface area (Å²) in [6.07, 6.45) is 1.01. The van der Waals surface area contributed by atoms with E-state index in [9.17, 15) is 23.2 Å². The standard InChI is InChI=1S/C30H32F2N4O7/c1-18-11-24(40-2)25(41-3)15-34-17-36(18)35-14-22(29(38)33-13-20-9-10-21(31)12-23(20)32)27(37)28(26(35)30(34)39)43-42-16-19-7-5-4-6-8-19/h4-10,12,14,18,24-25H,11,13,15-17H2,1-3H3,(H,33,38)/t18-,24+,25-/m1/s1. The molecular formula is C30H32F2N4O7. The number of ether oxygens (including phenoxy) is 2. The van der Waals surface area contributed by atoms with Gasteiger partial charge in [-0.15, -0.1) is 0 Å². The summed E-state index contributed by atoms with van der Waals surface area (Å²) < 4.78 is 40.3. The van der Waals surface area contributed by atoms with Gasteiger partial charge in [0.25, 0.3) is 11.8 Å². The predicted octanol–water partition coefficient (Wildman–Crippen LogP) is 2.74. The number of aromatic nitrogens is 1. The Morgan fingerprint density at radius 3 is 2.49 bits per heavy atom. The van der Waals surface area contributed by atoms with Crippen molar-refractivity contribution in [2.75, 3.05) is 32.4 Å². The molecule has 11 nitrogen and oxygen atoms in total. The first-order chi connectivity index (χ1) is 20.7. The molecule has 0 spiro atoms. The minimum Gasteiger partial charge on any atom is -0.379 e. The van der Waals surface area contributed by atoms with Crippen LogP contribution in [0.2, 0.25) is 0 Å². The molecule has 2 aliphatic rings. The number of nitrogens with zero attached hydrogens (tertiary/aromatic N) is 3. The van der Waals surface area contributed by atoms with Crippen molar-refractivity contribution in [3.8, 4) is 5.75 Å². The normalized spacial score (nSPS) is 19.8. The zero-order valence-corrected chi connectivity index (χ0v) is 23.9. The molecule has 0 aliphatic carbocycles. The predicted molar refractivity (Wildman–Crippen MR) is 150 cm³/mol. The Hall–Kier alpha value is -4.33. The number of nitrogens with one attached hydrogen (secondary N) is 1. The summed E-state index contributed by atoms with van der Waals surface area (Å²) in [4.78, 5) is 53.4. The molecule has 5 rings (SSSR count). The molecule has 2 amide bonds. The Labute approximate surface area is 246 Å². The Balaban J connectivity index is 1.54. The molecule has 0 radical (unpaired) electrons. The van der Waals surface area contributed by atoms with E-state index >= 15 is 0 Å². The van der Waals surface area contributed by atoms with E-state index in [1.165, 1.54) is 21.8 Å². The average molecular weight is 599 g/mol. The zero-order valence-electron chi connectivity index (χ0n) is 23.9. The van der Waals surface area contributed by atoms with E-state index in [4.69, 9.17) is 19.2 Å². The van der Waals surface area contributed by atoms with E-state index in [0.717, 1.165) is 11.6 Å². The highest BCUT2D eigenvalue weighted by Crippen LogP contribution is 2.28. The molecule has 2 aromatic carbocycles. The van der Waals surface area contributed by atoms with Gasteiger partial charge in [0.1, 0.15) is 36.6 Å². The number of amides is 2. The lowest BCUT2D eigenvalue weighted by atomic mass is 10.0. The number of halogens is 2. The molecule has 1 fully saturated rings. The number of carbonyl (C=O) groups is 2. The van der Waals surface area contributed by atoms with Gasteiger partial charge in [0.05, 0.1) is 12.6 Å². The number of rotatable bonds is 9. The zero-order chi connectivity index (χ0) is 30.7. The van der Waals surface area contributed by atoms with Crippen molar-refractivity contribution in [3.63, 3.8) is 0 Å². The van der Waals surface area contributed by atoms with Crippen LogP contribution in [0.1, 0.15) is 45.3 Å². The van der Waals surface area contributed by atoms with E-state index in [-0.39, 0.29) is 55.3 Å². The van der Waals surface area contributed by atoms with Gasteiger partial charge in [-0.3, -0.25) is 24.1 Å². The van der Waals surface area contributed by atoms with Crippen LogP contribution in [0, 0.1) is 11.6 Å². The molecule has 3 atom stereocenters. The second kappa shape index (κ2) is 12.9. The van der Waals surface area contributed by atoms with Crippen LogP contribution < -0.4 is 20.6 Å². The van der Waals surface area contributed by atoms with Crippen molar-refractivity contribution in [3.05, 3.63) is 99.0 Å². The van der Waals surface area contributed by atoms with E-state index in [0.29, 0.717) is 12.5 Å². The van der Waals surface area contributed by atoms with Gasteiger partial charge in [-0.25, -0.2) is 8.78 Å². The van der Waals surface area contributed by atoms with Gasteiger partial charge in [0, 0.05) is 44.6 Å². The molecule has 1 aromatic heterocycles. The van der Waals surface area contributed by atoms with Crippen molar-refractivity contribution in [1.82, 2.24) is 14.9 Å². The maximum Gasteiger partial charge on any atom is 0.278 e. The van der Waals surface area contributed by atoms with Crippen LogP contribution >= 0.6 is 0 Å². The second-order valence-electron chi connectivity index (χ2n) is 10.4. The van der Waals surface area contributed by atoms with Gasteiger partial charge in [0.15, 0.2) is 5.69 Å². The topological polar surface area (TPSA) is 112 Å². The van der Waals surface area contributed by atoms with Crippen molar-refractivity contribution < 1.29 is 37.6 Å². The molecule has 2 aliphatic heterocycles. The van der Waals surface area contributed by atoms with Crippen LogP contribution in [0.3, 0.4) is 0 Å². The quantitative estimate of drug-likeness (QED) is 0.296. The monoisotopic (exact) mass is 598 g/mol. The number of hydrogen-bond acceptors (Lipinski definition) is 8. The fraction of sp³-hybridized carbons (Fsp3) is 0.367. The number of fused-ring (bicyclic) bond motifs is 4. The Bertz CT molecular complexity index is 1550. The first kappa shape index (κ1) is 30.1. The van der Waals surface area contributed by atoms with E-state index in [1.807, 2.05) is 30.1 Å². The average Bonchev–Trinajstić information content (AvgIpc) is 2.99. The van der Waals surface area contributed by atoms with Crippen molar-refractivity contribution in [2.24, 2.45) is 0 Å². The maximum absolute atomic E-state index is 14.2. The largest absolute Gasteiger partial charge is 0.379 e. The summed E-state index contributed by atoms with van der Waals surface area (Å²) >= 11 is 0. The molecule has 1 saturated heterocycles. The molecule has 1 N–H and O–H groups in total. The van der Waals surface area contributed by atoms with Crippen LogP contribution in [-0.2, 0) is 27.5 Å². The highest BCUT2D eigenvalue weighted by atomic mass is 19.1. The van der Waals surface area contributed by atoms with Gasteiger partial charge in [-0.2, -0.15) is 4.89 Å². The van der Waals surface area contributed by atoms with Gasteiger partial charge >= 0.3 is 0 Å². The molecular weight excluding hydrogens is 566 g/mol. The summed E-state index contributed by atoms with van der Waals surface area (Å²) in [5.41, 5.74) is -0.606. The molecule has 2 bridgehead atoms. The lowest BCUT2D eigenvalue weighted by Crippen LogP contribution is -2.62. The molecule has 0 unspecified atom stereocenters. The lowest BCUT2D eigenvalue weighted by molar-refractivity contribution is -0.219. The van der Waals surface area contributed by atoms with Gasteiger partial charge in [0.2, 0.25) is 11.2 Å². The summed E-state index contributed by atoms with van der Waals surface area (Å²) in [6.45, 7) is 1.88. The number of pyridine rings is 1. The highest BCUT2D eigenvalue weighted by Gasteiger charge is 2.42. The molecule has 43 heavy (non-hydrogen) atoms. The van der Waals surface area contributed by atoms with Gasteiger partial charge in [-0.05, 0) is 25.0 Å². The van der Waals surface area contributed by atoms with Gasteiger partial charge in [-0.1, -0.05) is 36.4 Å². The molecule has 13 heteroatoms. The summed E-state index contributed by atoms with van der Waals surface area (Å²) in [7, 11) is 3.11. The van der Waals surface area contributed by atoms with Crippen LogP contribution in [-0.4, -0.2) is 67.1 Å². The Morgan fingerprint density at radius 2 is 1.79 bits per heavy atom. The van der Waals surface area contributed by atoms with E-state index in [1.54, 1.807) is 26.4 Å². The van der Waals surface area contributed by atoms with Crippen LogP contribution in [0.5, 0.6) is 5.75 Å². The fourth-order valence-corrected chi connectivity index (χ4v) is 5.25. The van der Waals surface area contributed by atoms with Crippen molar-refractivity contribution in [2.45, 2.75) is 44.7 Å². The maximum atomic E-state index is 14.2. The van der Waals surface area contributed by atoms with E-state index in [2.05, 4.69) is 5.32 Å². The Morgan fingerprint density at radius 1 is 1.05 bits per heavy atom. The van der Waals surface area contributed by atoms with Crippen LogP contribution in [0.15, 0.2) is 59.5 Å². The van der Waals surface area contributed by atoms with E-state index < -0.39 is 40.7 Å². The van der Waals surface area contributed by atoms with Crippen molar-refractivity contribution >= 4 is 11.8 Å². The Kier molecular flexibility index (Phi) is 9.04. The molecule has 3 heterocycles. The lowest BCUT2D eigenvalue weighted by Gasteiger charge is -2.47. The smallest absolute Gasteiger partial charge is 0.278 e. The summed E-state index contributed by atoms with van der Waals surface area (Å²) in [5, 5.41) is 4.31. The number of methoxy groups -OCH3 is 2. The number of benzene rings is 2. The number of carbonyl (C=O) groups excluding carboxylic acids is 2. The molecule has 0 saturated carbocycles. The second-order valence-corrected chi connectivity index (χ2v) is 10.4. The van der Waals surface area contributed by atoms with Crippen molar-refractivity contribution in [1.29, 1.82) is 0 Å². The summed E-state index contributed by atoms with van der Waals surface area (Å²) in [5.74, 6) is -3.45. The van der Waals surface area contributed by atoms with Gasteiger partial charge < -0.3 is 24.6 Å². The first-order valence-corrected chi connectivity index (χ1v) is 13.7. The fourth-order valence-electron chi connectivity index (χ4n) is 5.25.